The average Bonchev–Trinajstić information content (AvgIpc) is 2.53. The SMILES string of the molecule is CCOC(=O)N1CCC(NCCOC2CCCCC2)CC1. The van der Waals surface area contributed by atoms with Crippen molar-refractivity contribution in [1.82, 2.24) is 10.2 Å². The molecule has 0 radical (unpaired) electrons. The summed E-state index contributed by atoms with van der Waals surface area (Å²) >= 11 is 0. The molecular weight excluding hydrogens is 268 g/mol. The Kier molecular flexibility index (Phi) is 7.30. The van der Waals surface area contributed by atoms with Gasteiger partial charge in [0.1, 0.15) is 0 Å². The van der Waals surface area contributed by atoms with Crippen molar-refractivity contribution in [2.24, 2.45) is 0 Å². The van der Waals surface area contributed by atoms with E-state index in [0.717, 1.165) is 39.1 Å². The molecule has 0 spiro atoms. The number of carbonyl (C=O) groups excluding carboxylic acids is 1. The van der Waals surface area contributed by atoms with Crippen LogP contribution in [0.5, 0.6) is 0 Å². The van der Waals surface area contributed by atoms with Crippen LogP contribution in [0, 0.1) is 0 Å². The fourth-order valence-electron chi connectivity index (χ4n) is 3.20. The molecular formula is C16H30N2O3. The number of hydrogen-bond donors (Lipinski definition) is 1. The number of likely N-dealkylation sites (tertiary alicyclic amines) is 1. The maximum Gasteiger partial charge on any atom is 0.409 e. The number of piperidine rings is 1. The first-order chi connectivity index (χ1) is 10.3. The highest BCUT2D eigenvalue weighted by atomic mass is 16.6. The molecule has 0 bridgehead atoms. The molecule has 0 aromatic heterocycles. The van der Waals surface area contributed by atoms with Gasteiger partial charge in [0.25, 0.3) is 0 Å². The summed E-state index contributed by atoms with van der Waals surface area (Å²) in [7, 11) is 0. The van der Waals surface area contributed by atoms with Crippen LogP contribution in [0.2, 0.25) is 0 Å². The van der Waals surface area contributed by atoms with Gasteiger partial charge in [-0.2, -0.15) is 0 Å². The Morgan fingerprint density at radius 3 is 2.52 bits per heavy atom. The Morgan fingerprint density at radius 1 is 1.14 bits per heavy atom. The monoisotopic (exact) mass is 298 g/mol. The standard InChI is InChI=1S/C16H30N2O3/c1-2-20-16(19)18-11-8-14(9-12-18)17-10-13-21-15-6-4-3-5-7-15/h14-15,17H,2-13H2,1H3. The first-order valence-corrected chi connectivity index (χ1v) is 8.56. The lowest BCUT2D eigenvalue weighted by atomic mass is 9.98. The number of nitrogens with zero attached hydrogens (tertiary/aromatic N) is 1. The summed E-state index contributed by atoms with van der Waals surface area (Å²) in [6.07, 6.45) is 8.81. The molecule has 2 aliphatic rings. The molecule has 5 heteroatoms. The third-order valence-electron chi connectivity index (χ3n) is 4.46. The summed E-state index contributed by atoms with van der Waals surface area (Å²) in [6.45, 7) is 5.61. The molecule has 0 unspecified atom stereocenters. The lowest BCUT2D eigenvalue weighted by Crippen LogP contribution is -2.45. The molecule has 1 saturated heterocycles. The van der Waals surface area contributed by atoms with Gasteiger partial charge in [-0.25, -0.2) is 4.79 Å². The van der Waals surface area contributed by atoms with Crippen LogP contribution in [-0.4, -0.2) is 56.0 Å². The lowest BCUT2D eigenvalue weighted by Gasteiger charge is -2.32. The predicted octanol–water partition coefficient (Wildman–Crippen LogP) is 2.55. The van der Waals surface area contributed by atoms with E-state index in [1.165, 1.54) is 32.1 Å². The fourth-order valence-corrected chi connectivity index (χ4v) is 3.20. The van der Waals surface area contributed by atoms with Crippen molar-refractivity contribution in [3.8, 4) is 0 Å². The van der Waals surface area contributed by atoms with Crippen molar-refractivity contribution in [1.29, 1.82) is 0 Å². The Hall–Kier alpha value is -0.810. The van der Waals surface area contributed by atoms with Crippen molar-refractivity contribution in [3.63, 3.8) is 0 Å². The van der Waals surface area contributed by atoms with Gasteiger partial charge < -0.3 is 19.7 Å². The highest BCUT2D eigenvalue weighted by molar-refractivity contribution is 5.67. The minimum Gasteiger partial charge on any atom is -0.450 e. The molecule has 21 heavy (non-hydrogen) atoms. The van der Waals surface area contributed by atoms with E-state index in [1.807, 2.05) is 6.92 Å². The number of nitrogens with one attached hydrogen (secondary N) is 1. The molecule has 0 aromatic rings. The van der Waals surface area contributed by atoms with Gasteiger partial charge in [0.15, 0.2) is 0 Å². The first kappa shape index (κ1) is 16.6. The fraction of sp³-hybridized carbons (Fsp3) is 0.938. The molecule has 5 nitrogen and oxygen atoms in total. The van der Waals surface area contributed by atoms with Crippen LogP contribution in [0.4, 0.5) is 4.79 Å². The number of hydrogen-bond acceptors (Lipinski definition) is 4. The van der Waals surface area contributed by atoms with Crippen LogP contribution in [0.1, 0.15) is 51.9 Å². The van der Waals surface area contributed by atoms with Gasteiger partial charge >= 0.3 is 6.09 Å². The number of ether oxygens (including phenoxy) is 2. The summed E-state index contributed by atoms with van der Waals surface area (Å²) in [5.74, 6) is 0. The zero-order valence-electron chi connectivity index (χ0n) is 13.3. The highest BCUT2D eigenvalue weighted by Gasteiger charge is 2.23. The van der Waals surface area contributed by atoms with Crippen molar-refractivity contribution < 1.29 is 14.3 Å². The second-order valence-corrected chi connectivity index (χ2v) is 6.05. The third-order valence-corrected chi connectivity index (χ3v) is 4.46. The van der Waals surface area contributed by atoms with Gasteiger partial charge in [0.2, 0.25) is 0 Å². The second kappa shape index (κ2) is 9.26. The second-order valence-electron chi connectivity index (χ2n) is 6.05. The quantitative estimate of drug-likeness (QED) is 0.766. The lowest BCUT2D eigenvalue weighted by molar-refractivity contribution is 0.0282. The summed E-state index contributed by atoms with van der Waals surface area (Å²) in [5, 5.41) is 3.55. The van der Waals surface area contributed by atoms with Crippen LogP contribution >= 0.6 is 0 Å². The van der Waals surface area contributed by atoms with Crippen LogP contribution in [0.25, 0.3) is 0 Å². The first-order valence-electron chi connectivity index (χ1n) is 8.56. The molecule has 2 fully saturated rings. The largest absolute Gasteiger partial charge is 0.450 e. The Labute approximate surface area is 128 Å². The Morgan fingerprint density at radius 2 is 1.86 bits per heavy atom. The maximum atomic E-state index is 11.6. The van der Waals surface area contributed by atoms with Gasteiger partial charge in [-0.3, -0.25) is 0 Å². The normalized spacial score (nSPS) is 21.5. The van der Waals surface area contributed by atoms with Gasteiger partial charge in [0, 0.05) is 25.7 Å². The molecule has 122 valence electrons. The number of amides is 1. The van der Waals surface area contributed by atoms with E-state index < -0.39 is 0 Å². The molecule has 2 rings (SSSR count). The van der Waals surface area contributed by atoms with Gasteiger partial charge in [-0.15, -0.1) is 0 Å². The zero-order valence-corrected chi connectivity index (χ0v) is 13.3. The van der Waals surface area contributed by atoms with Gasteiger partial charge in [0.05, 0.1) is 19.3 Å². The van der Waals surface area contributed by atoms with Crippen LogP contribution in [0.3, 0.4) is 0 Å². The van der Waals surface area contributed by atoms with E-state index in [4.69, 9.17) is 9.47 Å². The van der Waals surface area contributed by atoms with E-state index >= 15 is 0 Å². The zero-order chi connectivity index (χ0) is 14.9. The van der Waals surface area contributed by atoms with Crippen molar-refractivity contribution >= 4 is 6.09 Å². The molecule has 1 aliphatic carbocycles. The van der Waals surface area contributed by atoms with E-state index in [0.29, 0.717) is 18.8 Å². The van der Waals surface area contributed by atoms with Gasteiger partial charge in [-0.1, -0.05) is 19.3 Å². The van der Waals surface area contributed by atoms with Crippen LogP contribution < -0.4 is 5.32 Å². The Bertz CT molecular complexity index is 298. The van der Waals surface area contributed by atoms with Crippen LogP contribution in [0.15, 0.2) is 0 Å². The van der Waals surface area contributed by atoms with Crippen molar-refractivity contribution in [3.05, 3.63) is 0 Å². The van der Waals surface area contributed by atoms with Crippen molar-refractivity contribution in [2.45, 2.75) is 64.0 Å². The predicted molar refractivity (Wildman–Crippen MR) is 82.4 cm³/mol. The molecule has 1 heterocycles. The minimum atomic E-state index is -0.170. The molecule has 1 amide bonds. The topological polar surface area (TPSA) is 50.8 Å². The molecule has 1 N–H and O–H groups in total. The van der Waals surface area contributed by atoms with E-state index in [-0.39, 0.29) is 6.09 Å². The van der Waals surface area contributed by atoms with E-state index in [2.05, 4.69) is 5.32 Å². The van der Waals surface area contributed by atoms with Gasteiger partial charge in [-0.05, 0) is 32.6 Å². The average molecular weight is 298 g/mol. The summed E-state index contributed by atoms with van der Waals surface area (Å²) in [5.41, 5.74) is 0. The number of rotatable bonds is 6. The van der Waals surface area contributed by atoms with E-state index in [1.54, 1.807) is 4.90 Å². The maximum absolute atomic E-state index is 11.6. The smallest absolute Gasteiger partial charge is 0.409 e. The summed E-state index contributed by atoms with van der Waals surface area (Å²) < 4.78 is 10.9. The Balaban J connectivity index is 1.51. The van der Waals surface area contributed by atoms with Crippen molar-refractivity contribution in [2.75, 3.05) is 32.8 Å². The summed E-state index contributed by atoms with van der Waals surface area (Å²) in [4.78, 5) is 13.4. The van der Waals surface area contributed by atoms with E-state index in [9.17, 15) is 4.79 Å². The number of carbonyl (C=O) groups is 1. The molecule has 1 aliphatic heterocycles. The highest BCUT2D eigenvalue weighted by Crippen LogP contribution is 2.20. The third kappa shape index (κ3) is 5.83. The molecule has 0 aromatic carbocycles. The minimum absolute atomic E-state index is 0.170. The molecule has 0 atom stereocenters. The summed E-state index contributed by atoms with van der Waals surface area (Å²) in [6, 6.07) is 0.505. The molecule has 1 saturated carbocycles. The van der Waals surface area contributed by atoms with Crippen LogP contribution in [-0.2, 0) is 9.47 Å².